The second-order valence-electron chi connectivity index (χ2n) is 8.20. The Morgan fingerprint density at radius 1 is 0.697 bits per heavy atom. The summed E-state index contributed by atoms with van der Waals surface area (Å²) in [5, 5.41) is 1.43. The molecule has 1 heterocycles. The Bertz CT molecular complexity index is 993. The molecule has 1 aromatic heterocycles. The lowest BCUT2D eigenvalue weighted by Gasteiger charge is -2.17. The molecule has 0 N–H and O–H groups in total. The highest BCUT2D eigenvalue weighted by Gasteiger charge is 2.09. The Kier molecular flexibility index (Phi) is 9.97. The molecule has 0 unspecified atom stereocenters. The molecule has 33 heavy (non-hydrogen) atoms. The predicted molar refractivity (Wildman–Crippen MR) is 141 cm³/mol. The van der Waals surface area contributed by atoms with Crippen LogP contribution in [0.3, 0.4) is 0 Å². The van der Waals surface area contributed by atoms with Crippen LogP contribution in [0.2, 0.25) is 0 Å². The number of rotatable bonds is 14. The maximum Gasteiger partial charge on any atom is 0.196 e. The van der Waals surface area contributed by atoms with E-state index >= 15 is 0 Å². The molecule has 0 spiro atoms. The van der Waals surface area contributed by atoms with E-state index in [0.717, 1.165) is 73.0 Å². The van der Waals surface area contributed by atoms with E-state index < -0.39 is 0 Å². The largest absolute Gasteiger partial charge is 0.494 e. The van der Waals surface area contributed by atoms with Crippen LogP contribution in [0.25, 0.3) is 20.2 Å². The van der Waals surface area contributed by atoms with Crippen molar-refractivity contribution in [3.8, 4) is 11.5 Å². The van der Waals surface area contributed by atoms with Crippen molar-refractivity contribution in [3.05, 3.63) is 46.6 Å². The summed E-state index contributed by atoms with van der Waals surface area (Å²) in [4.78, 5) is 18.0. The van der Waals surface area contributed by atoms with Crippen molar-refractivity contribution in [2.75, 3.05) is 52.5 Å². The fourth-order valence-corrected chi connectivity index (χ4v) is 5.06. The van der Waals surface area contributed by atoms with Crippen LogP contribution in [-0.2, 0) is 0 Å². The molecule has 5 nitrogen and oxygen atoms in total. The molecule has 0 aliphatic rings. The second kappa shape index (κ2) is 12.9. The van der Waals surface area contributed by atoms with E-state index in [9.17, 15) is 4.79 Å². The summed E-state index contributed by atoms with van der Waals surface area (Å²) < 4.78 is 13.9. The third-order valence-corrected chi connectivity index (χ3v) is 7.33. The molecule has 0 aliphatic carbocycles. The summed E-state index contributed by atoms with van der Waals surface area (Å²) in [7, 11) is 0. The maximum atomic E-state index is 13.3. The van der Waals surface area contributed by atoms with E-state index in [2.05, 4.69) is 37.5 Å². The lowest BCUT2D eigenvalue weighted by atomic mass is 10.1. The van der Waals surface area contributed by atoms with E-state index in [1.54, 1.807) is 11.3 Å². The normalized spacial score (nSPS) is 11.7. The number of ether oxygens (including phenoxy) is 2. The number of benzene rings is 2. The van der Waals surface area contributed by atoms with Gasteiger partial charge in [-0.25, -0.2) is 0 Å². The van der Waals surface area contributed by atoms with Crippen LogP contribution in [0.4, 0.5) is 0 Å². The zero-order valence-electron chi connectivity index (χ0n) is 20.6. The van der Waals surface area contributed by atoms with E-state index in [0.29, 0.717) is 24.0 Å². The van der Waals surface area contributed by atoms with Gasteiger partial charge in [-0.05, 0) is 75.4 Å². The van der Waals surface area contributed by atoms with Crippen molar-refractivity contribution < 1.29 is 9.47 Å². The van der Waals surface area contributed by atoms with Crippen LogP contribution >= 0.6 is 11.3 Å². The van der Waals surface area contributed by atoms with Crippen LogP contribution in [0.15, 0.2) is 41.2 Å². The van der Waals surface area contributed by atoms with E-state index in [1.165, 1.54) is 0 Å². The van der Waals surface area contributed by atoms with E-state index in [-0.39, 0.29) is 5.43 Å². The molecule has 0 amide bonds. The van der Waals surface area contributed by atoms with Crippen molar-refractivity contribution in [3.63, 3.8) is 0 Å². The maximum absolute atomic E-state index is 13.3. The smallest absolute Gasteiger partial charge is 0.196 e. The standard InChI is InChI=1S/C27H38N2O3S/c1-5-28(6-2)15-9-17-31-21-11-13-25-23(19-21)27(30)24-20-22(12-14-26(24)33-25)32-18-10-16-29(7-3)8-4/h11-14,19-20H,5-10,15-18H2,1-4H3. The first-order valence-electron chi connectivity index (χ1n) is 12.3. The molecule has 0 radical (unpaired) electrons. The Morgan fingerprint density at radius 2 is 1.12 bits per heavy atom. The van der Waals surface area contributed by atoms with Crippen LogP contribution in [0, 0.1) is 0 Å². The third-order valence-electron chi connectivity index (χ3n) is 6.17. The Hall–Kier alpha value is -2.15. The molecule has 0 bridgehead atoms. The third kappa shape index (κ3) is 6.92. The molecule has 3 rings (SSSR count). The molecule has 2 aromatic carbocycles. The highest BCUT2D eigenvalue weighted by molar-refractivity contribution is 7.24. The minimum absolute atomic E-state index is 0.0425. The van der Waals surface area contributed by atoms with Gasteiger partial charge in [0.25, 0.3) is 0 Å². The minimum Gasteiger partial charge on any atom is -0.494 e. The number of hydrogen-bond acceptors (Lipinski definition) is 6. The first-order chi connectivity index (χ1) is 16.1. The van der Waals surface area contributed by atoms with Gasteiger partial charge in [-0.3, -0.25) is 4.79 Å². The average Bonchev–Trinajstić information content (AvgIpc) is 2.85. The first kappa shape index (κ1) is 25.5. The quantitative estimate of drug-likeness (QED) is 0.225. The molecular formula is C27H38N2O3S. The van der Waals surface area contributed by atoms with Crippen molar-refractivity contribution in [2.45, 2.75) is 40.5 Å². The highest BCUT2D eigenvalue weighted by atomic mass is 32.1. The van der Waals surface area contributed by atoms with Gasteiger partial charge < -0.3 is 19.3 Å². The molecule has 0 saturated carbocycles. The number of hydrogen-bond donors (Lipinski definition) is 0. The zero-order chi connectivity index (χ0) is 23.6. The van der Waals surface area contributed by atoms with Crippen molar-refractivity contribution >= 4 is 31.5 Å². The number of fused-ring (bicyclic) bond motifs is 2. The summed E-state index contributed by atoms with van der Waals surface area (Å²) in [6.07, 6.45) is 1.94. The van der Waals surface area contributed by atoms with Gasteiger partial charge in [-0.15, -0.1) is 11.3 Å². The summed E-state index contributed by atoms with van der Waals surface area (Å²) in [5.41, 5.74) is 0.0425. The summed E-state index contributed by atoms with van der Waals surface area (Å²) in [5.74, 6) is 1.52. The molecule has 0 aliphatic heterocycles. The summed E-state index contributed by atoms with van der Waals surface area (Å²) in [6, 6.07) is 11.7. The molecular weight excluding hydrogens is 432 g/mol. The van der Waals surface area contributed by atoms with Crippen LogP contribution in [0.1, 0.15) is 40.5 Å². The average molecular weight is 471 g/mol. The van der Waals surface area contributed by atoms with Gasteiger partial charge in [0.05, 0.1) is 13.2 Å². The topological polar surface area (TPSA) is 42.0 Å². The fraction of sp³-hybridized carbons (Fsp3) is 0.519. The fourth-order valence-electron chi connectivity index (χ4n) is 4.03. The predicted octanol–water partition coefficient (Wildman–Crippen LogP) is 5.64. The van der Waals surface area contributed by atoms with E-state index in [4.69, 9.17) is 9.47 Å². The molecule has 6 heteroatoms. The zero-order valence-corrected chi connectivity index (χ0v) is 21.4. The minimum atomic E-state index is 0.0425. The van der Waals surface area contributed by atoms with Gasteiger partial charge in [0.2, 0.25) is 0 Å². The van der Waals surface area contributed by atoms with Crippen molar-refractivity contribution in [1.82, 2.24) is 9.80 Å². The SMILES string of the molecule is CCN(CC)CCCOc1ccc2sc3ccc(OCCCN(CC)CC)cc3c(=O)c2c1. The molecule has 0 fully saturated rings. The Balaban J connectivity index is 1.69. The Labute approximate surface area is 201 Å². The van der Waals surface area contributed by atoms with Crippen LogP contribution in [0.5, 0.6) is 11.5 Å². The second-order valence-corrected chi connectivity index (χ2v) is 9.29. The lowest BCUT2D eigenvalue weighted by Crippen LogP contribution is -2.25. The summed E-state index contributed by atoms with van der Waals surface area (Å²) in [6.45, 7) is 16.3. The van der Waals surface area contributed by atoms with E-state index in [1.807, 2.05) is 36.4 Å². The van der Waals surface area contributed by atoms with Gasteiger partial charge in [0, 0.05) is 33.3 Å². The molecule has 180 valence electrons. The monoisotopic (exact) mass is 470 g/mol. The Morgan fingerprint density at radius 3 is 1.52 bits per heavy atom. The number of nitrogens with zero attached hydrogens (tertiary/aromatic N) is 2. The van der Waals surface area contributed by atoms with Crippen molar-refractivity contribution in [1.29, 1.82) is 0 Å². The van der Waals surface area contributed by atoms with Gasteiger partial charge in [0.15, 0.2) is 5.43 Å². The van der Waals surface area contributed by atoms with Gasteiger partial charge in [0.1, 0.15) is 11.5 Å². The van der Waals surface area contributed by atoms with Crippen LogP contribution in [-0.4, -0.2) is 62.3 Å². The van der Waals surface area contributed by atoms with Crippen LogP contribution < -0.4 is 14.9 Å². The highest BCUT2D eigenvalue weighted by Crippen LogP contribution is 2.29. The van der Waals surface area contributed by atoms with Gasteiger partial charge >= 0.3 is 0 Å². The van der Waals surface area contributed by atoms with Gasteiger partial charge in [-0.1, -0.05) is 27.7 Å². The summed E-state index contributed by atoms with van der Waals surface area (Å²) >= 11 is 1.63. The van der Waals surface area contributed by atoms with Gasteiger partial charge in [-0.2, -0.15) is 0 Å². The lowest BCUT2D eigenvalue weighted by molar-refractivity contribution is 0.249. The first-order valence-corrected chi connectivity index (χ1v) is 13.1. The molecule has 0 saturated heterocycles. The molecule has 3 aromatic rings. The molecule has 0 atom stereocenters. The van der Waals surface area contributed by atoms with Crippen molar-refractivity contribution in [2.24, 2.45) is 0 Å².